The summed E-state index contributed by atoms with van der Waals surface area (Å²) >= 11 is 6.09. The van der Waals surface area contributed by atoms with Crippen molar-refractivity contribution in [3.63, 3.8) is 0 Å². The molecule has 116 valence electrons. The highest BCUT2D eigenvalue weighted by Gasteiger charge is 2.24. The highest BCUT2D eigenvalue weighted by molar-refractivity contribution is 6.32. The van der Waals surface area contributed by atoms with Crippen molar-refractivity contribution in [3.05, 3.63) is 69.9 Å². The number of aryl methyl sites for hydroxylation is 1. The average Bonchev–Trinajstić information content (AvgIpc) is 2.89. The van der Waals surface area contributed by atoms with Crippen molar-refractivity contribution in [2.75, 3.05) is 7.11 Å². The average molecular weight is 328 g/mol. The molecule has 1 aliphatic heterocycles. The number of benzene rings is 2. The van der Waals surface area contributed by atoms with Crippen molar-refractivity contribution in [2.45, 2.75) is 6.92 Å². The Morgan fingerprint density at radius 3 is 2.74 bits per heavy atom. The summed E-state index contributed by atoms with van der Waals surface area (Å²) < 4.78 is 10.4. The number of halogens is 1. The minimum Gasteiger partial charge on any atom is -0.495 e. The predicted molar refractivity (Wildman–Crippen MR) is 89.8 cm³/mol. The largest absolute Gasteiger partial charge is 0.495 e. The zero-order chi connectivity index (χ0) is 16.4. The molecule has 0 unspecified atom stereocenters. The normalized spacial score (nSPS) is 15.5. The van der Waals surface area contributed by atoms with Gasteiger partial charge in [-0.3, -0.25) is 0 Å². The first-order chi connectivity index (χ1) is 11.1. The number of rotatable bonds is 3. The van der Waals surface area contributed by atoms with Crippen LogP contribution in [0.2, 0.25) is 5.02 Å². The number of hydrogen-bond acceptors (Lipinski definition) is 4. The number of carbonyl (C=O) groups is 1. The molecule has 0 radical (unpaired) electrons. The Bertz CT molecular complexity index is 840. The van der Waals surface area contributed by atoms with Gasteiger partial charge in [0.05, 0.1) is 12.1 Å². The smallest absolute Gasteiger partial charge is 0.363 e. The Kier molecular flexibility index (Phi) is 4.17. The van der Waals surface area contributed by atoms with Gasteiger partial charge in [-0.25, -0.2) is 9.79 Å². The molecule has 4 nitrogen and oxygen atoms in total. The van der Waals surface area contributed by atoms with Crippen LogP contribution in [0.15, 0.2) is 53.2 Å². The molecule has 0 saturated carbocycles. The first-order valence-electron chi connectivity index (χ1n) is 7.00. The molecule has 0 spiro atoms. The fourth-order valence-corrected chi connectivity index (χ4v) is 2.51. The van der Waals surface area contributed by atoms with Crippen molar-refractivity contribution in [1.29, 1.82) is 0 Å². The molecule has 2 aromatic rings. The number of hydrogen-bond donors (Lipinski definition) is 0. The molecule has 0 amide bonds. The molecule has 1 aliphatic rings. The van der Waals surface area contributed by atoms with Crippen molar-refractivity contribution < 1.29 is 14.3 Å². The summed E-state index contributed by atoms with van der Waals surface area (Å²) in [6.07, 6.45) is 1.64. The van der Waals surface area contributed by atoms with Gasteiger partial charge in [-0.15, -0.1) is 0 Å². The SMILES string of the molecule is COc1ccc(/C=C2/N=C(c3cccc(C)c3)OC2=O)cc1Cl. The second kappa shape index (κ2) is 6.26. The lowest BCUT2D eigenvalue weighted by Crippen LogP contribution is -2.05. The van der Waals surface area contributed by atoms with Crippen LogP contribution in [0, 0.1) is 6.92 Å². The minimum atomic E-state index is -0.478. The maximum atomic E-state index is 12.0. The van der Waals surface area contributed by atoms with Crippen molar-refractivity contribution in [2.24, 2.45) is 4.99 Å². The zero-order valence-corrected chi connectivity index (χ0v) is 13.4. The van der Waals surface area contributed by atoms with Crippen LogP contribution in [-0.4, -0.2) is 19.0 Å². The third-order valence-electron chi connectivity index (χ3n) is 3.36. The van der Waals surface area contributed by atoms with Gasteiger partial charge in [0, 0.05) is 5.56 Å². The first kappa shape index (κ1) is 15.3. The van der Waals surface area contributed by atoms with Crippen LogP contribution in [0.25, 0.3) is 6.08 Å². The van der Waals surface area contributed by atoms with Gasteiger partial charge in [0.1, 0.15) is 5.75 Å². The topological polar surface area (TPSA) is 47.9 Å². The lowest BCUT2D eigenvalue weighted by Gasteiger charge is -2.03. The van der Waals surface area contributed by atoms with Gasteiger partial charge in [0.2, 0.25) is 5.90 Å². The van der Waals surface area contributed by atoms with Crippen LogP contribution in [0.4, 0.5) is 0 Å². The summed E-state index contributed by atoms with van der Waals surface area (Å²) in [4.78, 5) is 16.3. The lowest BCUT2D eigenvalue weighted by atomic mass is 10.1. The van der Waals surface area contributed by atoms with Gasteiger partial charge in [-0.1, -0.05) is 35.4 Å². The van der Waals surface area contributed by atoms with E-state index < -0.39 is 5.97 Å². The summed E-state index contributed by atoms with van der Waals surface area (Å²) in [5.41, 5.74) is 2.83. The Hall–Kier alpha value is -2.59. The van der Waals surface area contributed by atoms with E-state index in [0.717, 1.165) is 16.7 Å². The van der Waals surface area contributed by atoms with E-state index in [2.05, 4.69) is 4.99 Å². The lowest BCUT2D eigenvalue weighted by molar-refractivity contribution is -0.129. The number of aliphatic imine (C=N–C) groups is 1. The van der Waals surface area contributed by atoms with Crippen molar-refractivity contribution >= 4 is 29.5 Å². The Morgan fingerprint density at radius 2 is 2.04 bits per heavy atom. The van der Waals surface area contributed by atoms with E-state index in [1.165, 1.54) is 0 Å². The first-order valence-corrected chi connectivity index (χ1v) is 7.38. The second-order valence-electron chi connectivity index (χ2n) is 5.10. The number of esters is 1. The molecule has 0 aliphatic carbocycles. The molecule has 3 rings (SSSR count). The number of ether oxygens (including phenoxy) is 2. The van der Waals surface area contributed by atoms with Crippen LogP contribution in [0.3, 0.4) is 0 Å². The molecule has 0 N–H and O–H groups in total. The molecule has 1 heterocycles. The summed E-state index contributed by atoms with van der Waals surface area (Å²) in [6.45, 7) is 1.97. The zero-order valence-electron chi connectivity index (χ0n) is 12.7. The van der Waals surface area contributed by atoms with Crippen LogP contribution in [0.1, 0.15) is 16.7 Å². The predicted octanol–water partition coefficient (Wildman–Crippen LogP) is 4.00. The maximum absolute atomic E-state index is 12.0. The van der Waals surface area contributed by atoms with E-state index in [9.17, 15) is 4.79 Å². The highest BCUT2D eigenvalue weighted by atomic mass is 35.5. The molecule has 0 atom stereocenters. The van der Waals surface area contributed by atoms with Gasteiger partial charge in [0.25, 0.3) is 0 Å². The quantitative estimate of drug-likeness (QED) is 0.632. The van der Waals surface area contributed by atoms with Gasteiger partial charge >= 0.3 is 5.97 Å². The van der Waals surface area contributed by atoms with Crippen molar-refractivity contribution in [1.82, 2.24) is 0 Å². The van der Waals surface area contributed by atoms with E-state index in [0.29, 0.717) is 16.7 Å². The molecule has 2 aromatic carbocycles. The second-order valence-corrected chi connectivity index (χ2v) is 5.51. The third-order valence-corrected chi connectivity index (χ3v) is 3.66. The van der Waals surface area contributed by atoms with E-state index in [1.54, 1.807) is 31.4 Å². The van der Waals surface area contributed by atoms with Crippen LogP contribution >= 0.6 is 11.6 Å². The number of carbonyl (C=O) groups excluding carboxylic acids is 1. The Balaban J connectivity index is 1.93. The monoisotopic (exact) mass is 327 g/mol. The Morgan fingerprint density at radius 1 is 1.22 bits per heavy atom. The molecule has 0 bridgehead atoms. The highest BCUT2D eigenvalue weighted by Crippen LogP contribution is 2.27. The van der Waals surface area contributed by atoms with Gasteiger partial charge in [-0.05, 0) is 42.8 Å². The molecule has 5 heteroatoms. The molecular formula is C18H14ClNO3. The molecule has 0 aromatic heterocycles. The van der Waals surface area contributed by atoms with Crippen LogP contribution in [-0.2, 0) is 9.53 Å². The Labute approximate surface area is 139 Å². The number of methoxy groups -OCH3 is 1. The molecule has 23 heavy (non-hydrogen) atoms. The van der Waals surface area contributed by atoms with E-state index in [1.807, 2.05) is 31.2 Å². The van der Waals surface area contributed by atoms with Crippen LogP contribution < -0.4 is 4.74 Å². The van der Waals surface area contributed by atoms with Gasteiger partial charge in [0.15, 0.2) is 5.70 Å². The maximum Gasteiger partial charge on any atom is 0.363 e. The molecular weight excluding hydrogens is 314 g/mol. The van der Waals surface area contributed by atoms with Gasteiger partial charge < -0.3 is 9.47 Å². The number of nitrogens with zero attached hydrogens (tertiary/aromatic N) is 1. The summed E-state index contributed by atoms with van der Waals surface area (Å²) in [5, 5.41) is 0.469. The summed E-state index contributed by atoms with van der Waals surface area (Å²) in [6, 6.07) is 12.9. The van der Waals surface area contributed by atoms with E-state index in [4.69, 9.17) is 21.1 Å². The summed E-state index contributed by atoms with van der Waals surface area (Å²) in [5.74, 6) is 0.407. The van der Waals surface area contributed by atoms with E-state index in [-0.39, 0.29) is 5.70 Å². The summed E-state index contributed by atoms with van der Waals surface area (Å²) in [7, 11) is 1.55. The van der Waals surface area contributed by atoms with Crippen molar-refractivity contribution in [3.8, 4) is 5.75 Å². The third kappa shape index (κ3) is 3.27. The van der Waals surface area contributed by atoms with E-state index >= 15 is 0 Å². The fourth-order valence-electron chi connectivity index (χ4n) is 2.24. The molecule has 0 saturated heterocycles. The number of cyclic esters (lactones) is 1. The standard InChI is InChI=1S/C18H14ClNO3/c1-11-4-3-5-13(8-11)17-20-15(18(21)23-17)10-12-6-7-16(22-2)14(19)9-12/h3-10H,1-2H3/b15-10+. The van der Waals surface area contributed by atoms with Crippen LogP contribution in [0.5, 0.6) is 5.75 Å². The van der Waals surface area contributed by atoms with Gasteiger partial charge in [-0.2, -0.15) is 0 Å². The fraction of sp³-hybridized carbons (Fsp3) is 0.111. The minimum absolute atomic E-state index is 0.239. The molecule has 0 fully saturated rings.